The lowest BCUT2D eigenvalue weighted by atomic mass is 9.84. The van der Waals surface area contributed by atoms with Crippen LogP contribution >= 0.6 is 0 Å². The van der Waals surface area contributed by atoms with E-state index in [-0.39, 0.29) is 17.6 Å². The summed E-state index contributed by atoms with van der Waals surface area (Å²) in [6.07, 6.45) is 2.02. The summed E-state index contributed by atoms with van der Waals surface area (Å²) in [6, 6.07) is -0.0604. The van der Waals surface area contributed by atoms with Crippen molar-refractivity contribution in [2.24, 2.45) is 5.41 Å². The third-order valence-corrected chi connectivity index (χ3v) is 3.90. The molecule has 1 fully saturated rings. The number of aromatic nitrogens is 2. The van der Waals surface area contributed by atoms with Crippen LogP contribution < -0.4 is 4.90 Å². The Balaban J connectivity index is 2.19. The van der Waals surface area contributed by atoms with Gasteiger partial charge in [-0.2, -0.15) is 0 Å². The zero-order chi connectivity index (χ0) is 18.1. The predicted molar refractivity (Wildman–Crippen MR) is 90.4 cm³/mol. The van der Waals surface area contributed by atoms with Crippen molar-refractivity contribution in [3.05, 3.63) is 18.2 Å². The average molecular weight is 338 g/mol. The van der Waals surface area contributed by atoms with Crippen LogP contribution in [0.3, 0.4) is 0 Å². The van der Waals surface area contributed by atoms with Gasteiger partial charge < -0.3 is 14.5 Å². The Morgan fingerprint density at radius 1 is 1.17 bits per heavy atom. The van der Waals surface area contributed by atoms with Crippen molar-refractivity contribution in [3.8, 4) is 0 Å². The minimum atomic E-state index is -0.531. The molecule has 0 N–H and O–H groups in total. The van der Waals surface area contributed by atoms with Crippen molar-refractivity contribution in [2.75, 3.05) is 24.5 Å². The van der Waals surface area contributed by atoms with Crippen molar-refractivity contribution < 1.29 is 13.9 Å². The quantitative estimate of drug-likeness (QED) is 0.787. The standard InChI is InChI=1S/C17H27FN4O2/c1-16(2,3)13-11-21(14-19-9-12(18)10-20-14)7-8-22(13)15(23)24-17(4,5)6/h9-10,13H,7-8,11H2,1-6H3. The van der Waals surface area contributed by atoms with Crippen LogP contribution in [-0.2, 0) is 4.74 Å². The van der Waals surface area contributed by atoms with Crippen LogP contribution in [0.1, 0.15) is 41.5 Å². The molecule has 1 aliphatic rings. The predicted octanol–water partition coefficient (Wildman–Crippen LogP) is 3.09. The Labute approximate surface area is 143 Å². The minimum Gasteiger partial charge on any atom is -0.444 e. The summed E-state index contributed by atoms with van der Waals surface area (Å²) >= 11 is 0. The first-order chi connectivity index (χ1) is 11.0. The number of anilines is 1. The Kier molecular flexibility index (Phi) is 5.01. The smallest absolute Gasteiger partial charge is 0.410 e. The molecule has 0 aromatic carbocycles. The van der Waals surface area contributed by atoms with E-state index in [1.807, 2.05) is 25.7 Å². The highest BCUT2D eigenvalue weighted by molar-refractivity contribution is 5.69. The molecule has 1 atom stereocenters. The first-order valence-electron chi connectivity index (χ1n) is 8.19. The second-order valence-corrected chi connectivity index (χ2v) is 8.20. The molecule has 1 aromatic rings. The zero-order valence-corrected chi connectivity index (χ0v) is 15.3. The van der Waals surface area contributed by atoms with E-state index >= 15 is 0 Å². The molecule has 0 bridgehead atoms. The van der Waals surface area contributed by atoms with Crippen LogP contribution in [0.15, 0.2) is 12.4 Å². The highest BCUT2D eigenvalue weighted by Crippen LogP contribution is 2.30. The second kappa shape index (κ2) is 6.53. The summed E-state index contributed by atoms with van der Waals surface area (Å²) in [6.45, 7) is 13.5. The van der Waals surface area contributed by atoms with E-state index in [0.717, 1.165) is 12.4 Å². The van der Waals surface area contributed by atoms with Gasteiger partial charge in [0.2, 0.25) is 5.95 Å². The molecular weight excluding hydrogens is 311 g/mol. The molecule has 1 aromatic heterocycles. The number of hydrogen-bond acceptors (Lipinski definition) is 5. The number of carbonyl (C=O) groups is 1. The molecule has 0 spiro atoms. The zero-order valence-electron chi connectivity index (χ0n) is 15.3. The third kappa shape index (κ3) is 4.55. The minimum absolute atomic E-state index is 0.0604. The number of nitrogens with zero attached hydrogens (tertiary/aromatic N) is 4. The number of ether oxygens (including phenoxy) is 1. The number of amides is 1. The maximum absolute atomic E-state index is 13.0. The van der Waals surface area contributed by atoms with Crippen LogP contribution in [0.2, 0.25) is 0 Å². The van der Waals surface area contributed by atoms with E-state index in [4.69, 9.17) is 4.74 Å². The fourth-order valence-corrected chi connectivity index (χ4v) is 2.71. The summed E-state index contributed by atoms with van der Waals surface area (Å²) in [5.41, 5.74) is -0.674. The number of piperazine rings is 1. The maximum atomic E-state index is 13.0. The molecule has 134 valence electrons. The second-order valence-electron chi connectivity index (χ2n) is 8.20. The fourth-order valence-electron chi connectivity index (χ4n) is 2.71. The molecule has 24 heavy (non-hydrogen) atoms. The van der Waals surface area contributed by atoms with Crippen LogP contribution in [-0.4, -0.2) is 52.2 Å². The molecule has 0 aliphatic carbocycles. The monoisotopic (exact) mass is 338 g/mol. The Morgan fingerprint density at radius 2 is 1.75 bits per heavy atom. The summed E-state index contributed by atoms with van der Waals surface area (Å²) in [5.74, 6) is 0.0213. The van der Waals surface area contributed by atoms with Crippen LogP contribution in [0.25, 0.3) is 0 Å². The number of halogens is 1. The lowest BCUT2D eigenvalue weighted by molar-refractivity contribution is -0.000762. The Hall–Kier alpha value is -1.92. The molecular formula is C17H27FN4O2. The molecule has 2 heterocycles. The van der Waals surface area contributed by atoms with E-state index in [0.29, 0.717) is 25.6 Å². The average Bonchev–Trinajstić information content (AvgIpc) is 2.44. The summed E-state index contributed by atoms with van der Waals surface area (Å²) < 4.78 is 18.6. The van der Waals surface area contributed by atoms with Gasteiger partial charge in [-0.25, -0.2) is 19.2 Å². The van der Waals surface area contributed by atoms with Gasteiger partial charge in [0.1, 0.15) is 5.60 Å². The van der Waals surface area contributed by atoms with Crippen LogP contribution in [0, 0.1) is 11.2 Å². The highest BCUT2D eigenvalue weighted by atomic mass is 19.1. The van der Waals surface area contributed by atoms with Gasteiger partial charge in [-0.1, -0.05) is 20.8 Å². The van der Waals surface area contributed by atoms with Crippen molar-refractivity contribution >= 4 is 12.0 Å². The topological polar surface area (TPSA) is 58.6 Å². The molecule has 0 radical (unpaired) electrons. The number of carbonyl (C=O) groups excluding carboxylic acids is 1. The van der Waals surface area contributed by atoms with Gasteiger partial charge in [0.05, 0.1) is 18.4 Å². The van der Waals surface area contributed by atoms with Crippen LogP contribution in [0.5, 0.6) is 0 Å². The van der Waals surface area contributed by atoms with Gasteiger partial charge in [-0.05, 0) is 26.2 Å². The van der Waals surface area contributed by atoms with Gasteiger partial charge in [-0.3, -0.25) is 0 Å². The lowest BCUT2D eigenvalue weighted by Crippen LogP contribution is -2.60. The number of hydrogen-bond donors (Lipinski definition) is 0. The molecule has 1 saturated heterocycles. The van der Waals surface area contributed by atoms with Crippen LogP contribution in [0.4, 0.5) is 15.1 Å². The fraction of sp³-hybridized carbons (Fsp3) is 0.706. The van der Waals surface area contributed by atoms with E-state index < -0.39 is 11.4 Å². The van der Waals surface area contributed by atoms with Crippen molar-refractivity contribution in [1.82, 2.24) is 14.9 Å². The summed E-state index contributed by atoms with van der Waals surface area (Å²) in [7, 11) is 0. The lowest BCUT2D eigenvalue weighted by Gasteiger charge is -2.47. The van der Waals surface area contributed by atoms with E-state index in [1.54, 1.807) is 4.90 Å². The van der Waals surface area contributed by atoms with Gasteiger partial charge in [0.25, 0.3) is 0 Å². The summed E-state index contributed by atoms with van der Waals surface area (Å²) in [5, 5.41) is 0. The van der Waals surface area contributed by atoms with Crippen molar-refractivity contribution in [1.29, 1.82) is 0 Å². The number of rotatable bonds is 1. The maximum Gasteiger partial charge on any atom is 0.410 e. The largest absolute Gasteiger partial charge is 0.444 e. The molecule has 1 aliphatic heterocycles. The molecule has 6 nitrogen and oxygen atoms in total. The SMILES string of the molecule is CC(C)(C)OC(=O)N1CCN(c2ncc(F)cn2)CC1C(C)(C)C. The molecule has 1 unspecified atom stereocenters. The normalized spacial score (nSPS) is 19.4. The van der Waals surface area contributed by atoms with Gasteiger partial charge in [0, 0.05) is 19.6 Å². The molecule has 7 heteroatoms. The van der Waals surface area contributed by atoms with Gasteiger partial charge in [-0.15, -0.1) is 0 Å². The first kappa shape index (κ1) is 18.4. The van der Waals surface area contributed by atoms with E-state index in [1.165, 1.54) is 0 Å². The molecule has 0 saturated carbocycles. The molecule has 1 amide bonds. The summed E-state index contributed by atoms with van der Waals surface area (Å²) in [4.78, 5) is 24.4. The van der Waals surface area contributed by atoms with Crippen molar-refractivity contribution in [3.63, 3.8) is 0 Å². The third-order valence-electron chi connectivity index (χ3n) is 3.90. The Bertz CT molecular complexity index is 578. The van der Waals surface area contributed by atoms with Gasteiger partial charge >= 0.3 is 6.09 Å². The first-order valence-corrected chi connectivity index (χ1v) is 8.19. The molecule has 2 rings (SSSR count). The highest BCUT2D eigenvalue weighted by Gasteiger charge is 2.40. The van der Waals surface area contributed by atoms with E-state index in [2.05, 4.69) is 30.7 Å². The van der Waals surface area contributed by atoms with Crippen molar-refractivity contribution in [2.45, 2.75) is 53.2 Å². The Morgan fingerprint density at radius 3 is 2.25 bits per heavy atom. The van der Waals surface area contributed by atoms with E-state index in [9.17, 15) is 9.18 Å². The van der Waals surface area contributed by atoms with Gasteiger partial charge in [0.15, 0.2) is 5.82 Å².